The highest BCUT2D eigenvalue weighted by molar-refractivity contribution is 5.93. The Labute approximate surface area is 196 Å². The molecule has 3 rings (SSSR count). The van der Waals surface area contributed by atoms with E-state index in [1.165, 1.54) is 6.07 Å². The van der Waals surface area contributed by atoms with Gasteiger partial charge in [-0.1, -0.05) is 42.5 Å². The Hall–Kier alpha value is -4.46. The first-order chi connectivity index (χ1) is 16.4. The van der Waals surface area contributed by atoms with E-state index >= 15 is 0 Å². The van der Waals surface area contributed by atoms with Crippen molar-refractivity contribution in [3.8, 4) is 11.5 Å². The van der Waals surface area contributed by atoms with Crippen LogP contribution in [0.4, 0.5) is 0 Å². The predicted molar refractivity (Wildman–Crippen MR) is 123 cm³/mol. The summed E-state index contributed by atoms with van der Waals surface area (Å²) in [5.41, 5.74) is 1.39. The second-order valence-corrected chi connectivity index (χ2v) is 7.29. The third-order valence-corrected chi connectivity index (χ3v) is 4.73. The van der Waals surface area contributed by atoms with Crippen LogP contribution >= 0.6 is 0 Å². The third kappa shape index (κ3) is 7.30. The van der Waals surface area contributed by atoms with Crippen molar-refractivity contribution < 1.29 is 33.8 Å². The van der Waals surface area contributed by atoms with Crippen molar-refractivity contribution in [1.29, 1.82) is 0 Å². The summed E-state index contributed by atoms with van der Waals surface area (Å²) in [6.07, 6.45) is 0.0398. The maximum Gasteiger partial charge on any atom is 0.343 e. The zero-order valence-electron chi connectivity index (χ0n) is 18.2. The smallest absolute Gasteiger partial charge is 0.343 e. The van der Waals surface area contributed by atoms with E-state index in [2.05, 4.69) is 5.32 Å². The van der Waals surface area contributed by atoms with E-state index in [-0.39, 0.29) is 36.8 Å². The fourth-order valence-corrected chi connectivity index (χ4v) is 2.99. The molecule has 0 bridgehead atoms. The van der Waals surface area contributed by atoms with Gasteiger partial charge in [0.1, 0.15) is 0 Å². The van der Waals surface area contributed by atoms with Gasteiger partial charge in [0.05, 0.1) is 17.5 Å². The van der Waals surface area contributed by atoms with Gasteiger partial charge in [0.15, 0.2) is 11.5 Å². The summed E-state index contributed by atoms with van der Waals surface area (Å²) in [7, 11) is 0. The van der Waals surface area contributed by atoms with Gasteiger partial charge in [-0.25, -0.2) is 9.59 Å². The van der Waals surface area contributed by atoms with E-state index in [0.717, 1.165) is 0 Å². The van der Waals surface area contributed by atoms with Crippen LogP contribution in [0.2, 0.25) is 0 Å². The number of nitrogens with one attached hydrogen (secondary N) is 1. The first kappa shape index (κ1) is 24.2. The van der Waals surface area contributed by atoms with Gasteiger partial charge in [-0.2, -0.15) is 0 Å². The van der Waals surface area contributed by atoms with Gasteiger partial charge >= 0.3 is 17.9 Å². The lowest BCUT2D eigenvalue weighted by atomic mass is 10.1. The van der Waals surface area contributed by atoms with E-state index < -0.39 is 17.9 Å². The van der Waals surface area contributed by atoms with E-state index in [1.807, 2.05) is 0 Å². The second kappa shape index (κ2) is 12.0. The molecule has 8 nitrogen and oxygen atoms in total. The molecule has 0 radical (unpaired) electrons. The van der Waals surface area contributed by atoms with Crippen LogP contribution in [-0.2, 0) is 16.0 Å². The average molecular weight is 461 g/mol. The van der Waals surface area contributed by atoms with E-state index in [0.29, 0.717) is 23.1 Å². The highest BCUT2D eigenvalue weighted by Crippen LogP contribution is 2.30. The maximum atomic E-state index is 12.6. The van der Waals surface area contributed by atoms with Crippen molar-refractivity contribution in [1.82, 2.24) is 5.32 Å². The van der Waals surface area contributed by atoms with Crippen LogP contribution in [0.3, 0.4) is 0 Å². The second-order valence-electron chi connectivity index (χ2n) is 7.29. The molecule has 8 heteroatoms. The van der Waals surface area contributed by atoms with Gasteiger partial charge in [-0.3, -0.25) is 9.59 Å². The lowest BCUT2D eigenvalue weighted by molar-refractivity contribution is -0.138. The van der Waals surface area contributed by atoms with Crippen LogP contribution in [0.15, 0.2) is 78.9 Å². The summed E-state index contributed by atoms with van der Waals surface area (Å²) in [6, 6.07) is 21.6. The van der Waals surface area contributed by atoms with Crippen molar-refractivity contribution in [2.24, 2.45) is 0 Å². The minimum Gasteiger partial charge on any atom is -0.481 e. The van der Waals surface area contributed by atoms with Crippen LogP contribution < -0.4 is 14.8 Å². The first-order valence-electron chi connectivity index (χ1n) is 10.6. The highest BCUT2D eigenvalue weighted by atomic mass is 16.6. The molecule has 0 saturated heterocycles. The van der Waals surface area contributed by atoms with E-state index in [1.54, 1.807) is 72.8 Å². The largest absolute Gasteiger partial charge is 0.481 e. The number of amides is 1. The average Bonchev–Trinajstić information content (AvgIpc) is 2.85. The minimum absolute atomic E-state index is 0.0628. The molecule has 0 saturated carbocycles. The number of carbonyl (C=O) groups excluding carboxylic acids is 3. The number of hydrogen-bond acceptors (Lipinski definition) is 6. The molecule has 0 heterocycles. The van der Waals surface area contributed by atoms with Gasteiger partial charge in [-0.15, -0.1) is 0 Å². The molecule has 0 aliphatic carbocycles. The number of rotatable bonds is 10. The predicted octanol–water partition coefficient (Wildman–Crippen LogP) is 3.65. The third-order valence-electron chi connectivity index (χ3n) is 4.73. The Bertz CT molecular complexity index is 1160. The Morgan fingerprint density at radius 2 is 1.26 bits per heavy atom. The number of aliphatic carboxylic acids is 1. The topological polar surface area (TPSA) is 119 Å². The molecule has 1 amide bonds. The molecule has 0 atom stereocenters. The summed E-state index contributed by atoms with van der Waals surface area (Å²) in [4.78, 5) is 47.4. The zero-order valence-corrected chi connectivity index (χ0v) is 18.2. The minimum atomic E-state index is -1.04. The van der Waals surface area contributed by atoms with E-state index in [9.17, 15) is 19.2 Å². The summed E-state index contributed by atoms with van der Waals surface area (Å²) >= 11 is 0. The first-order valence-corrected chi connectivity index (χ1v) is 10.6. The normalized spacial score (nSPS) is 10.2. The maximum absolute atomic E-state index is 12.6. The number of carboxylic acids is 1. The van der Waals surface area contributed by atoms with Gasteiger partial charge in [0.2, 0.25) is 5.91 Å². The lowest BCUT2D eigenvalue weighted by Crippen LogP contribution is -2.26. The quantitative estimate of drug-likeness (QED) is 0.349. The number of esters is 2. The van der Waals surface area contributed by atoms with Crippen molar-refractivity contribution in [2.45, 2.75) is 19.3 Å². The summed E-state index contributed by atoms with van der Waals surface area (Å²) < 4.78 is 11.0. The zero-order chi connectivity index (χ0) is 24.3. The van der Waals surface area contributed by atoms with Crippen LogP contribution in [0, 0.1) is 0 Å². The van der Waals surface area contributed by atoms with Gasteiger partial charge < -0.3 is 19.9 Å². The van der Waals surface area contributed by atoms with Crippen molar-refractivity contribution in [3.05, 3.63) is 95.6 Å². The van der Waals surface area contributed by atoms with Gasteiger partial charge in [-0.05, 0) is 48.4 Å². The van der Waals surface area contributed by atoms with Crippen LogP contribution in [0.1, 0.15) is 39.1 Å². The molecule has 3 aromatic rings. The van der Waals surface area contributed by atoms with Crippen LogP contribution in [-0.4, -0.2) is 35.5 Å². The molecule has 34 heavy (non-hydrogen) atoms. The molecule has 0 spiro atoms. The number of benzene rings is 3. The van der Waals surface area contributed by atoms with Crippen LogP contribution in [0.25, 0.3) is 0 Å². The molecule has 0 unspecified atom stereocenters. The molecule has 0 fully saturated rings. The standard InChI is InChI=1S/C26H23NO7/c28-23(13-14-24(29)30)27-16-15-18-11-12-21(33-25(31)19-7-3-1-4-8-19)22(17-18)34-26(32)20-9-5-2-6-10-20/h1-12,17H,13-16H2,(H,27,28)(H,29,30). The van der Waals surface area contributed by atoms with Crippen molar-refractivity contribution in [2.75, 3.05) is 6.54 Å². The van der Waals surface area contributed by atoms with Crippen molar-refractivity contribution in [3.63, 3.8) is 0 Å². The highest BCUT2D eigenvalue weighted by Gasteiger charge is 2.17. The summed E-state index contributed by atoms with van der Waals surface area (Å²) in [6.45, 7) is 0.258. The number of carboxylic acid groups (broad SMARTS) is 1. The lowest BCUT2D eigenvalue weighted by Gasteiger charge is -2.13. The van der Waals surface area contributed by atoms with Crippen molar-refractivity contribution >= 4 is 23.8 Å². The molecule has 0 aliphatic heterocycles. The molecule has 174 valence electrons. The van der Waals surface area contributed by atoms with Crippen LogP contribution in [0.5, 0.6) is 11.5 Å². The summed E-state index contributed by atoms with van der Waals surface area (Å²) in [5, 5.41) is 11.3. The molecule has 2 N–H and O–H groups in total. The molecule has 3 aromatic carbocycles. The molecular weight excluding hydrogens is 438 g/mol. The van der Waals surface area contributed by atoms with E-state index in [4.69, 9.17) is 14.6 Å². The number of hydrogen-bond donors (Lipinski definition) is 2. The Morgan fingerprint density at radius 3 is 1.82 bits per heavy atom. The Morgan fingerprint density at radius 1 is 0.706 bits per heavy atom. The van der Waals surface area contributed by atoms with Gasteiger partial charge in [0.25, 0.3) is 0 Å². The fraction of sp³-hybridized carbons (Fsp3) is 0.154. The molecule has 0 aromatic heterocycles. The SMILES string of the molecule is O=C(O)CCC(=O)NCCc1ccc(OC(=O)c2ccccc2)c(OC(=O)c2ccccc2)c1. The number of carbonyl (C=O) groups is 4. The fourth-order valence-electron chi connectivity index (χ4n) is 2.99. The Kier molecular flexibility index (Phi) is 8.51. The Balaban J connectivity index is 1.74. The summed E-state index contributed by atoms with van der Waals surface area (Å²) in [5.74, 6) is -2.49. The molecular formula is C26H23NO7. The molecule has 0 aliphatic rings. The van der Waals surface area contributed by atoms with Gasteiger partial charge in [0, 0.05) is 13.0 Å². The monoisotopic (exact) mass is 461 g/mol. The number of ether oxygens (including phenoxy) is 2.